The van der Waals surface area contributed by atoms with Gasteiger partial charge in [0.1, 0.15) is 6.10 Å². The third kappa shape index (κ3) is 8.08. The quantitative estimate of drug-likeness (QED) is 0.345. The Balaban J connectivity index is 1.41. The molecule has 3 heteroatoms. The van der Waals surface area contributed by atoms with E-state index in [0.29, 0.717) is 13.0 Å². The van der Waals surface area contributed by atoms with Crippen molar-refractivity contribution in [3.63, 3.8) is 0 Å². The number of Topliss-reactive ketones (excluding diaryl/α,β-unsaturated/α-hetero) is 1. The zero-order valence-corrected chi connectivity index (χ0v) is 17.4. The summed E-state index contributed by atoms with van der Waals surface area (Å²) in [5, 5.41) is 0. The van der Waals surface area contributed by atoms with Crippen LogP contribution in [-0.2, 0) is 14.3 Å². The average Bonchev–Trinajstić information content (AvgIpc) is 3.03. The molecule has 1 aliphatic heterocycles. The van der Waals surface area contributed by atoms with E-state index in [1.807, 2.05) is 0 Å². The highest BCUT2D eigenvalue weighted by molar-refractivity contribution is 5.83. The predicted octanol–water partition coefficient (Wildman–Crippen LogP) is 6.58. The summed E-state index contributed by atoms with van der Waals surface area (Å²) in [6.45, 7) is 5.10. The molecule has 1 atom stereocenters. The van der Waals surface area contributed by atoms with Gasteiger partial charge in [-0.25, -0.2) is 0 Å². The number of ether oxygens (including phenoxy) is 2. The van der Waals surface area contributed by atoms with Crippen LogP contribution in [0.3, 0.4) is 0 Å². The molecule has 1 heterocycles. The van der Waals surface area contributed by atoms with Crippen LogP contribution in [0.25, 0.3) is 0 Å². The minimum atomic E-state index is -0.409. The fourth-order valence-corrected chi connectivity index (χ4v) is 4.32. The molecule has 0 aromatic carbocycles. The van der Waals surface area contributed by atoms with Gasteiger partial charge in [-0.05, 0) is 25.2 Å². The first kappa shape index (κ1) is 21.9. The molecule has 3 nitrogen and oxygen atoms in total. The molecule has 0 aromatic rings. The molecule has 2 rings (SSSR count). The van der Waals surface area contributed by atoms with Gasteiger partial charge in [0.2, 0.25) is 0 Å². The maximum absolute atomic E-state index is 12.3. The minimum absolute atomic E-state index is 0.262. The van der Waals surface area contributed by atoms with Gasteiger partial charge in [0.15, 0.2) is 11.6 Å². The van der Waals surface area contributed by atoms with Gasteiger partial charge in [-0.2, -0.15) is 0 Å². The molecular formula is C23H42O3. The van der Waals surface area contributed by atoms with E-state index in [1.54, 1.807) is 0 Å². The molecular weight excluding hydrogens is 324 g/mol. The van der Waals surface area contributed by atoms with E-state index < -0.39 is 5.79 Å². The van der Waals surface area contributed by atoms with Crippen molar-refractivity contribution in [3.05, 3.63) is 0 Å². The molecule has 0 N–H and O–H groups in total. The van der Waals surface area contributed by atoms with Crippen molar-refractivity contribution >= 4 is 5.78 Å². The van der Waals surface area contributed by atoms with Crippen LogP contribution < -0.4 is 0 Å². The normalized spacial score (nSPS) is 22.3. The fraction of sp³-hybridized carbons (Fsp3) is 0.957. The number of ketones is 1. The van der Waals surface area contributed by atoms with Crippen molar-refractivity contribution in [1.29, 1.82) is 0 Å². The number of carbonyl (C=O) groups excluding carboxylic acids is 1. The van der Waals surface area contributed by atoms with Crippen LogP contribution in [0.1, 0.15) is 117 Å². The highest BCUT2D eigenvalue weighted by Crippen LogP contribution is 2.38. The molecule has 26 heavy (non-hydrogen) atoms. The van der Waals surface area contributed by atoms with Crippen LogP contribution >= 0.6 is 0 Å². The summed E-state index contributed by atoms with van der Waals surface area (Å²) < 4.78 is 11.9. The summed E-state index contributed by atoms with van der Waals surface area (Å²) in [5.41, 5.74) is 0. The number of rotatable bonds is 13. The SMILES string of the molecule is CC(C)CCCCCCCCCCCC(=O)[C@H]1COC2(CCCCC2)O1. The lowest BCUT2D eigenvalue weighted by Gasteiger charge is -2.31. The lowest BCUT2D eigenvalue weighted by Crippen LogP contribution is -2.34. The van der Waals surface area contributed by atoms with E-state index >= 15 is 0 Å². The molecule has 1 saturated heterocycles. The fourth-order valence-electron chi connectivity index (χ4n) is 4.32. The summed E-state index contributed by atoms with van der Waals surface area (Å²) in [7, 11) is 0. The third-order valence-corrected chi connectivity index (χ3v) is 6.03. The summed E-state index contributed by atoms with van der Waals surface area (Å²) in [4.78, 5) is 12.3. The summed E-state index contributed by atoms with van der Waals surface area (Å²) >= 11 is 0. The Kier molecular flexibility index (Phi) is 10.2. The molecule has 0 radical (unpaired) electrons. The van der Waals surface area contributed by atoms with Crippen LogP contribution in [0.15, 0.2) is 0 Å². The van der Waals surface area contributed by atoms with E-state index in [2.05, 4.69) is 13.8 Å². The van der Waals surface area contributed by atoms with Gasteiger partial charge in [0, 0.05) is 19.3 Å². The maximum atomic E-state index is 12.3. The number of hydrogen-bond donors (Lipinski definition) is 0. The summed E-state index contributed by atoms with van der Waals surface area (Å²) in [6.07, 6.45) is 19.0. The van der Waals surface area contributed by atoms with Gasteiger partial charge in [-0.1, -0.05) is 78.1 Å². The number of hydrogen-bond acceptors (Lipinski definition) is 3. The molecule has 0 unspecified atom stereocenters. The molecule has 1 saturated carbocycles. The highest BCUT2D eigenvalue weighted by atomic mass is 16.7. The first-order chi connectivity index (χ1) is 12.6. The van der Waals surface area contributed by atoms with Crippen LogP contribution in [0.5, 0.6) is 0 Å². The molecule has 2 fully saturated rings. The Labute approximate surface area is 161 Å². The first-order valence-corrected chi connectivity index (χ1v) is 11.5. The summed E-state index contributed by atoms with van der Waals surface area (Å²) in [6, 6.07) is 0. The average molecular weight is 367 g/mol. The predicted molar refractivity (Wildman–Crippen MR) is 107 cm³/mol. The maximum Gasteiger partial charge on any atom is 0.169 e. The zero-order valence-electron chi connectivity index (χ0n) is 17.4. The molecule has 0 amide bonds. The van der Waals surface area contributed by atoms with Crippen LogP contribution in [-0.4, -0.2) is 24.3 Å². The van der Waals surface area contributed by atoms with Crippen LogP contribution in [0.4, 0.5) is 0 Å². The van der Waals surface area contributed by atoms with E-state index in [9.17, 15) is 4.79 Å². The number of unbranched alkanes of at least 4 members (excludes halogenated alkanes) is 8. The minimum Gasteiger partial charge on any atom is -0.347 e. The van der Waals surface area contributed by atoms with E-state index in [1.165, 1.54) is 77.0 Å². The molecule has 1 aliphatic carbocycles. The Morgan fingerprint density at radius 1 is 0.885 bits per heavy atom. The van der Waals surface area contributed by atoms with E-state index in [-0.39, 0.29) is 11.9 Å². The Bertz CT molecular complexity index is 385. The van der Waals surface area contributed by atoms with Gasteiger partial charge in [-0.3, -0.25) is 4.79 Å². The molecule has 2 aliphatic rings. The van der Waals surface area contributed by atoms with Crippen molar-refractivity contribution in [3.8, 4) is 0 Å². The van der Waals surface area contributed by atoms with E-state index in [0.717, 1.165) is 25.2 Å². The Hall–Kier alpha value is -0.410. The molecule has 0 bridgehead atoms. The van der Waals surface area contributed by atoms with Crippen LogP contribution in [0.2, 0.25) is 0 Å². The van der Waals surface area contributed by atoms with Gasteiger partial charge in [-0.15, -0.1) is 0 Å². The molecule has 152 valence electrons. The van der Waals surface area contributed by atoms with Crippen molar-refractivity contribution in [1.82, 2.24) is 0 Å². The third-order valence-electron chi connectivity index (χ3n) is 6.03. The van der Waals surface area contributed by atoms with Crippen molar-refractivity contribution in [2.45, 2.75) is 128 Å². The lowest BCUT2D eigenvalue weighted by atomic mass is 9.94. The molecule has 0 aromatic heterocycles. The smallest absolute Gasteiger partial charge is 0.169 e. The number of carbonyl (C=O) groups is 1. The highest BCUT2D eigenvalue weighted by Gasteiger charge is 2.44. The van der Waals surface area contributed by atoms with Gasteiger partial charge in [0.25, 0.3) is 0 Å². The second-order valence-corrected chi connectivity index (χ2v) is 8.97. The second kappa shape index (κ2) is 12.1. The monoisotopic (exact) mass is 366 g/mol. The van der Waals surface area contributed by atoms with Crippen molar-refractivity contribution in [2.24, 2.45) is 5.92 Å². The van der Waals surface area contributed by atoms with Crippen molar-refractivity contribution < 1.29 is 14.3 Å². The molecule has 1 spiro atoms. The zero-order chi connectivity index (χ0) is 18.7. The second-order valence-electron chi connectivity index (χ2n) is 8.97. The topological polar surface area (TPSA) is 35.5 Å². The largest absolute Gasteiger partial charge is 0.347 e. The van der Waals surface area contributed by atoms with Gasteiger partial charge < -0.3 is 9.47 Å². The van der Waals surface area contributed by atoms with Gasteiger partial charge in [0.05, 0.1) is 6.61 Å². The van der Waals surface area contributed by atoms with E-state index in [4.69, 9.17) is 9.47 Å². The standard InChI is InChI=1S/C23H42O3/c1-20(2)15-11-8-6-4-3-5-7-9-12-16-21(24)22-19-25-23(26-22)17-13-10-14-18-23/h20,22H,3-19H2,1-2H3/t22-/m1/s1. The van der Waals surface area contributed by atoms with Crippen LogP contribution in [0, 0.1) is 5.92 Å². The summed E-state index contributed by atoms with van der Waals surface area (Å²) in [5.74, 6) is 0.706. The Morgan fingerprint density at radius 3 is 2.08 bits per heavy atom. The first-order valence-electron chi connectivity index (χ1n) is 11.5. The van der Waals surface area contributed by atoms with Gasteiger partial charge >= 0.3 is 0 Å². The Morgan fingerprint density at radius 2 is 1.46 bits per heavy atom. The van der Waals surface area contributed by atoms with Crippen molar-refractivity contribution in [2.75, 3.05) is 6.61 Å². The lowest BCUT2D eigenvalue weighted by molar-refractivity contribution is -0.188.